The maximum atomic E-state index is 9.69. The normalized spacial score (nSPS) is 27.0. The molecule has 2 aliphatic rings. The molecule has 0 bridgehead atoms. The SMILES string of the molecule is OC1CN(c2ccc(Br)cc2CNC2CC2)CC1O. The van der Waals surface area contributed by atoms with Crippen LogP contribution in [0.25, 0.3) is 0 Å². The summed E-state index contributed by atoms with van der Waals surface area (Å²) in [5, 5.41) is 22.9. The maximum Gasteiger partial charge on any atom is 0.0990 e. The molecule has 0 spiro atoms. The topological polar surface area (TPSA) is 55.7 Å². The molecule has 3 rings (SSSR count). The van der Waals surface area contributed by atoms with Gasteiger partial charge >= 0.3 is 0 Å². The predicted octanol–water partition coefficient (Wildman–Crippen LogP) is 1.24. The lowest BCUT2D eigenvalue weighted by atomic mass is 10.1. The van der Waals surface area contributed by atoms with E-state index in [0.29, 0.717) is 19.1 Å². The summed E-state index contributed by atoms with van der Waals surface area (Å²) in [7, 11) is 0. The van der Waals surface area contributed by atoms with Crippen LogP contribution in [-0.2, 0) is 6.54 Å². The minimum absolute atomic E-state index is 0.499. The Labute approximate surface area is 121 Å². The molecule has 0 aromatic heterocycles. The Bertz CT molecular complexity index is 455. The van der Waals surface area contributed by atoms with Crippen LogP contribution in [0.5, 0.6) is 0 Å². The number of hydrogen-bond donors (Lipinski definition) is 3. The Morgan fingerprint density at radius 2 is 1.89 bits per heavy atom. The third-order valence-corrected chi connectivity index (χ3v) is 4.29. The summed E-state index contributed by atoms with van der Waals surface area (Å²) >= 11 is 3.51. The van der Waals surface area contributed by atoms with Crippen molar-refractivity contribution in [1.29, 1.82) is 0 Å². The zero-order chi connectivity index (χ0) is 13.4. The maximum absolute atomic E-state index is 9.69. The number of benzene rings is 1. The molecular formula is C14H19BrN2O2. The van der Waals surface area contributed by atoms with E-state index in [2.05, 4.69) is 38.3 Å². The number of aliphatic hydroxyl groups excluding tert-OH is 2. The highest BCUT2D eigenvalue weighted by Crippen LogP contribution is 2.29. The smallest absolute Gasteiger partial charge is 0.0990 e. The van der Waals surface area contributed by atoms with E-state index in [0.717, 1.165) is 16.7 Å². The fraction of sp³-hybridized carbons (Fsp3) is 0.571. The van der Waals surface area contributed by atoms with Crippen LogP contribution in [0.2, 0.25) is 0 Å². The number of β-amino-alcohol motifs (C(OH)–C–C–N with tert-alkyl or cyclic N) is 2. The van der Waals surface area contributed by atoms with Crippen LogP contribution in [0, 0.1) is 0 Å². The molecule has 0 amide bonds. The second-order valence-corrected chi connectivity index (χ2v) is 6.38. The van der Waals surface area contributed by atoms with Gasteiger partial charge in [-0.15, -0.1) is 0 Å². The first-order chi connectivity index (χ1) is 9.13. The summed E-state index contributed by atoms with van der Waals surface area (Å²) < 4.78 is 1.06. The van der Waals surface area contributed by atoms with Crippen molar-refractivity contribution in [2.45, 2.75) is 37.6 Å². The molecule has 5 heteroatoms. The summed E-state index contributed by atoms with van der Waals surface area (Å²) in [5.41, 5.74) is 2.31. The number of nitrogens with zero attached hydrogens (tertiary/aromatic N) is 1. The molecule has 1 aliphatic heterocycles. The first kappa shape index (κ1) is 13.4. The standard InChI is InChI=1S/C14H19BrN2O2/c15-10-1-4-12(17-7-13(18)14(19)8-17)9(5-10)6-16-11-2-3-11/h1,4-5,11,13-14,16,18-19H,2-3,6-8H2. The summed E-state index contributed by atoms with van der Waals surface area (Å²) in [6.07, 6.45) is 1.25. The van der Waals surface area contributed by atoms with Crippen molar-refractivity contribution in [2.24, 2.45) is 0 Å². The Hall–Kier alpha value is -0.620. The van der Waals surface area contributed by atoms with Gasteiger partial charge < -0.3 is 20.4 Å². The van der Waals surface area contributed by atoms with Crippen LogP contribution in [0.4, 0.5) is 5.69 Å². The summed E-state index contributed by atoms with van der Waals surface area (Å²) in [4.78, 5) is 2.06. The summed E-state index contributed by atoms with van der Waals surface area (Å²) in [6, 6.07) is 6.84. The van der Waals surface area contributed by atoms with E-state index in [4.69, 9.17) is 0 Å². The van der Waals surface area contributed by atoms with Gasteiger partial charge in [-0.1, -0.05) is 15.9 Å². The molecular weight excluding hydrogens is 308 g/mol. The molecule has 1 aliphatic carbocycles. The van der Waals surface area contributed by atoms with E-state index < -0.39 is 12.2 Å². The minimum Gasteiger partial charge on any atom is -0.389 e. The molecule has 1 heterocycles. The molecule has 0 radical (unpaired) electrons. The highest BCUT2D eigenvalue weighted by atomic mass is 79.9. The predicted molar refractivity (Wildman–Crippen MR) is 78.2 cm³/mol. The Morgan fingerprint density at radius 3 is 2.53 bits per heavy atom. The van der Waals surface area contributed by atoms with Crippen LogP contribution in [-0.4, -0.2) is 41.6 Å². The van der Waals surface area contributed by atoms with E-state index in [-0.39, 0.29) is 0 Å². The van der Waals surface area contributed by atoms with Crippen molar-refractivity contribution in [3.05, 3.63) is 28.2 Å². The van der Waals surface area contributed by atoms with Crippen molar-refractivity contribution in [2.75, 3.05) is 18.0 Å². The Morgan fingerprint density at radius 1 is 1.21 bits per heavy atom. The van der Waals surface area contributed by atoms with E-state index >= 15 is 0 Å². The van der Waals surface area contributed by atoms with Crippen molar-refractivity contribution in [3.8, 4) is 0 Å². The molecule has 2 atom stereocenters. The van der Waals surface area contributed by atoms with Crippen LogP contribution in [0.1, 0.15) is 18.4 Å². The zero-order valence-corrected chi connectivity index (χ0v) is 12.3. The van der Waals surface area contributed by atoms with Gasteiger partial charge in [0, 0.05) is 35.8 Å². The van der Waals surface area contributed by atoms with Crippen molar-refractivity contribution >= 4 is 21.6 Å². The average Bonchev–Trinajstić information content (AvgIpc) is 3.14. The molecule has 1 aromatic carbocycles. The third kappa shape index (κ3) is 3.11. The lowest BCUT2D eigenvalue weighted by Gasteiger charge is -2.22. The van der Waals surface area contributed by atoms with Gasteiger partial charge in [0.2, 0.25) is 0 Å². The lowest BCUT2D eigenvalue weighted by molar-refractivity contribution is 0.0572. The number of hydrogen-bond acceptors (Lipinski definition) is 4. The van der Waals surface area contributed by atoms with Gasteiger partial charge in [-0.3, -0.25) is 0 Å². The largest absolute Gasteiger partial charge is 0.389 e. The number of aliphatic hydroxyl groups is 2. The molecule has 19 heavy (non-hydrogen) atoms. The Kier molecular flexibility index (Phi) is 3.80. The van der Waals surface area contributed by atoms with Crippen LogP contribution >= 0.6 is 15.9 Å². The molecule has 3 N–H and O–H groups in total. The second kappa shape index (κ2) is 5.40. The second-order valence-electron chi connectivity index (χ2n) is 5.47. The van der Waals surface area contributed by atoms with Crippen LogP contribution in [0.15, 0.2) is 22.7 Å². The quantitative estimate of drug-likeness (QED) is 0.779. The van der Waals surface area contributed by atoms with E-state index in [1.165, 1.54) is 18.4 Å². The molecule has 104 valence electrons. The first-order valence-corrected chi connectivity index (χ1v) is 7.55. The summed E-state index contributed by atoms with van der Waals surface area (Å²) in [6.45, 7) is 1.83. The lowest BCUT2D eigenvalue weighted by Crippen LogP contribution is -2.24. The fourth-order valence-corrected chi connectivity index (χ4v) is 2.92. The van der Waals surface area contributed by atoms with Crippen molar-refractivity contribution < 1.29 is 10.2 Å². The minimum atomic E-state index is -0.645. The number of halogens is 1. The van der Waals surface area contributed by atoms with E-state index in [1.807, 2.05) is 6.07 Å². The molecule has 1 saturated heterocycles. The zero-order valence-electron chi connectivity index (χ0n) is 10.7. The van der Waals surface area contributed by atoms with Crippen LogP contribution in [0.3, 0.4) is 0 Å². The monoisotopic (exact) mass is 326 g/mol. The van der Waals surface area contributed by atoms with Crippen LogP contribution < -0.4 is 10.2 Å². The van der Waals surface area contributed by atoms with Crippen molar-refractivity contribution in [1.82, 2.24) is 5.32 Å². The average molecular weight is 327 g/mol. The third-order valence-electron chi connectivity index (χ3n) is 3.80. The highest BCUT2D eigenvalue weighted by molar-refractivity contribution is 9.10. The van der Waals surface area contributed by atoms with Gasteiger partial charge in [0.15, 0.2) is 0 Å². The number of nitrogens with one attached hydrogen (secondary N) is 1. The number of anilines is 1. The van der Waals surface area contributed by atoms with Gasteiger partial charge in [-0.25, -0.2) is 0 Å². The summed E-state index contributed by atoms with van der Waals surface area (Å²) in [5.74, 6) is 0. The highest BCUT2D eigenvalue weighted by Gasteiger charge is 2.31. The van der Waals surface area contributed by atoms with Gasteiger partial charge in [-0.2, -0.15) is 0 Å². The number of rotatable bonds is 4. The molecule has 2 fully saturated rings. The van der Waals surface area contributed by atoms with Gasteiger partial charge in [-0.05, 0) is 36.6 Å². The molecule has 1 saturated carbocycles. The van der Waals surface area contributed by atoms with E-state index in [9.17, 15) is 10.2 Å². The molecule has 4 nitrogen and oxygen atoms in total. The van der Waals surface area contributed by atoms with Gasteiger partial charge in [0.05, 0.1) is 12.2 Å². The van der Waals surface area contributed by atoms with Gasteiger partial charge in [0.25, 0.3) is 0 Å². The first-order valence-electron chi connectivity index (χ1n) is 6.76. The molecule has 2 unspecified atom stereocenters. The van der Waals surface area contributed by atoms with Crippen molar-refractivity contribution in [3.63, 3.8) is 0 Å². The van der Waals surface area contributed by atoms with E-state index in [1.54, 1.807) is 0 Å². The molecule has 1 aromatic rings. The Balaban J connectivity index is 1.78. The van der Waals surface area contributed by atoms with Gasteiger partial charge in [0.1, 0.15) is 0 Å². The fourth-order valence-electron chi connectivity index (χ4n) is 2.51.